The average molecular weight is 435 g/mol. The quantitative estimate of drug-likeness (QED) is 0.137. The smallest absolute Gasteiger partial charge is 0.331 e. The third-order valence-corrected chi connectivity index (χ3v) is 5.19. The molecule has 0 rings (SSSR count). The fourth-order valence-corrected chi connectivity index (χ4v) is 3.24. The average Bonchev–Trinajstić information content (AvgIpc) is 2.66. The molecule has 0 bridgehead atoms. The highest BCUT2D eigenvalue weighted by atomic mass is 32.2. The van der Waals surface area contributed by atoms with Crippen LogP contribution in [-0.2, 0) is 29.2 Å². The maximum absolute atomic E-state index is 11.5. The van der Waals surface area contributed by atoms with E-state index >= 15 is 0 Å². The molecule has 0 saturated heterocycles. The number of rotatable bonds is 19. The fourth-order valence-electron chi connectivity index (χ4n) is 2.76. The minimum atomic E-state index is -4.06. The molecule has 0 aromatic carbocycles. The zero-order chi connectivity index (χ0) is 21.8. The van der Waals surface area contributed by atoms with Gasteiger partial charge in [-0.25, -0.2) is 9.59 Å². The molecule has 0 atom stereocenters. The van der Waals surface area contributed by atoms with E-state index < -0.39 is 27.8 Å². The summed E-state index contributed by atoms with van der Waals surface area (Å²) in [5.74, 6) is -1.85. The SMILES string of the molecule is CCCCCCCCCCCCCCOC(=O)/C=C\C(=O)OCCCS(=O)(=O)O. The molecule has 8 heteroatoms. The molecule has 0 aliphatic carbocycles. The largest absolute Gasteiger partial charge is 0.463 e. The van der Waals surface area contributed by atoms with E-state index in [-0.39, 0.29) is 13.0 Å². The predicted octanol–water partition coefficient (Wildman–Crippen LogP) is 4.61. The van der Waals surface area contributed by atoms with Crippen LogP contribution in [0.5, 0.6) is 0 Å². The molecule has 170 valence electrons. The summed E-state index contributed by atoms with van der Waals surface area (Å²) in [6.45, 7) is 2.40. The first-order valence-corrected chi connectivity index (χ1v) is 12.4. The summed E-state index contributed by atoms with van der Waals surface area (Å²) >= 11 is 0. The summed E-state index contributed by atoms with van der Waals surface area (Å²) < 4.78 is 39.2. The van der Waals surface area contributed by atoms with Crippen molar-refractivity contribution in [2.45, 2.75) is 90.4 Å². The molecule has 0 amide bonds. The van der Waals surface area contributed by atoms with Crippen LogP contribution < -0.4 is 0 Å². The lowest BCUT2D eigenvalue weighted by Gasteiger charge is -2.04. The summed E-state index contributed by atoms with van der Waals surface area (Å²) in [4.78, 5) is 22.8. The van der Waals surface area contributed by atoms with Crippen molar-refractivity contribution in [3.05, 3.63) is 12.2 Å². The summed E-state index contributed by atoms with van der Waals surface area (Å²) in [7, 11) is -4.06. The van der Waals surface area contributed by atoms with Gasteiger partial charge in [0.2, 0.25) is 0 Å². The first-order valence-electron chi connectivity index (χ1n) is 10.8. The monoisotopic (exact) mass is 434 g/mol. The molecule has 7 nitrogen and oxygen atoms in total. The van der Waals surface area contributed by atoms with Gasteiger partial charge in [0, 0.05) is 12.2 Å². The van der Waals surface area contributed by atoms with Gasteiger partial charge in [0.05, 0.1) is 19.0 Å². The Bertz CT molecular complexity index is 555. The van der Waals surface area contributed by atoms with E-state index in [1.165, 1.54) is 57.8 Å². The molecule has 0 aromatic rings. The van der Waals surface area contributed by atoms with Crippen molar-refractivity contribution >= 4 is 22.1 Å². The second-order valence-electron chi connectivity index (χ2n) is 7.20. The minimum Gasteiger partial charge on any atom is -0.463 e. The Hall–Kier alpha value is -1.41. The number of ether oxygens (including phenoxy) is 2. The molecule has 0 aliphatic heterocycles. The first-order chi connectivity index (χ1) is 13.8. The Kier molecular flexibility index (Phi) is 17.7. The van der Waals surface area contributed by atoms with Crippen molar-refractivity contribution < 1.29 is 32.0 Å². The van der Waals surface area contributed by atoms with Crippen molar-refractivity contribution in [1.29, 1.82) is 0 Å². The Labute approximate surface area is 176 Å². The molecular weight excluding hydrogens is 396 g/mol. The third kappa shape index (κ3) is 22.7. The van der Waals surface area contributed by atoms with Crippen LogP contribution in [0.15, 0.2) is 12.2 Å². The summed E-state index contributed by atoms with van der Waals surface area (Å²) in [6, 6.07) is 0. The lowest BCUT2D eigenvalue weighted by atomic mass is 10.1. The molecule has 0 unspecified atom stereocenters. The van der Waals surface area contributed by atoms with Gasteiger partial charge < -0.3 is 9.47 Å². The van der Waals surface area contributed by atoms with Crippen LogP contribution in [0.4, 0.5) is 0 Å². The minimum absolute atomic E-state index is 0.0121. The Balaban J connectivity index is 3.46. The second-order valence-corrected chi connectivity index (χ2v) is 8.77. The number of hydrogen-bond acceptors (Lipinski definition) is 6. The van der Waals surface area contributed by atoms with Crippen LogP contribution in [-0.4, -0.2) is 43.9 Å². The van der Waals surface area contributed by atoms with Gasteiger partial charge in [-0.15, -0.1) is 0 Å². The van der Waals surface area contributed by atoms with E-state index in [0.717, 1.165) is 31.4 Å². The Morgan fingerprint density at radius 3 is 1.48 bits per heavy atom. The van der Waals surface area contributed by atoms with Crippen LogP contribution in [0.1, 0.15) is 90.4 Å². The van der Waals surface area contributed by atoms with Crippen LogP contribution in [0.3, 0.4) is 0 Å². The number of carbonyl (C=O) groups excluding carboxylic acids is 2. The lowest BCUT2D eigenvalue weighted by Crippen LogP contribution is -2.10. The van der Waals surface area contributed by atoms with Crippen molar-refractivity contribution in [3.8, 4) is 0 Å². The zero-order valence-electron chi connectivity index (χ0n) is 17.8. The summed E-state index contributed by atoms with van der Waals surface area (Å²) in [6.07, 6.45) is 16.7. The molecule has 0 spiro atoms. The fraction of sp³-hybridized carbons (Fsp3) is 0.810. The molecule has 0 fully saturated rings. The maximum Gasteiger partial charge on any atom is 0.331 e. The molecule has 29 heavy (non-hydrogen) atoms. The van der Waals surface area contributed by atoms with Crippen molar-refractivity contribution in [1.82, 2.24) is 0 Å². The van der Waals surface area contributed by atoms with E-state index in [1.54, 1.807) is 0 Å². The van der Waals surface area contributed by atoms with E-state index in [0.29, 0.717) is 6.61 Å². The van der Waals surface area contributed by atoms with Gasteiger partial charge in [0.25, 0.3) is 10.1 Å². The van der Waals surface area contributed by atoms with Crippen LogP contribution in [0.25, 0.3) is 0 Å². The summed E-state index contributed by atoms with van der Waals surface area (Å²) in [5.41, 5.74) is 0. The van der Waals surface area contributed by atoms with Gasteiger partial charge >= 0.3 is 11.9 Å². The van der Waals surface area contributed by atoms with Crippen molar-refractivity contribution in [2.75, 3.05) is 19.0 Å². The molecule has 0 aromatic heterocycles. The summed E-state index contributed by atoms with van der Waals surface area (Å²) in [5, 5.41) is 0. The zero-order valence-corrected chi connectivity index (χ0v) is 18.6. The topological polar surface area (TPSA) is 107 Å². The first kappa shape index (κ1) is 27.6. The van der Waals surface area contributed by atoms with Gasteiger partial charge in [0.15, 0.2) is 0 Å². The predicted molar refractivity (Wildman–Crippen MR) is 113 cm³/mol. The molecule has 0 radical (unpaired) electrons. The lowest BCUT2D eigenvalue weighted by molar-refractivity contribution is -0.140. The highest BCUT2D eigenvalue weighted by Gasteiger charge is 2.05. The maximum atomic E-state index is 11.5. The number of esters is 2. The van der Waals surface area contributed by atoms with E-state index in [1.807, 2.05) is 0 Å². The number of carbonyl (C=O) groups is 2. The Morgan fingerprint density at radius 1 is 0.690 bits per heavy atom. The van der Waals surface area contributed by atoms with Gasteiger partial charge in [-0.3, -0.25) is 4.55 Å². The highest BCUT2D eigenvalue weighted by molar-refractivity contribution is 7.85. The van der Waals surface area contributed by atoms with E-state index in [9.17, 15) is 18.0 Å². The number of hydrogen-bond donors (Lipinski definition) is 1. The van der Waals surface area contributed by atoms with Crippen LogP contribution in [0, 0.1) is 0 Å². The highest BCUT2D eigenvalue weighted by Crippen LogP contribution is 2.11. The van der Waals surface area contributed by atoms with E-state index in [2.05, 4.69) is 6.92 Å². The molecule has 1 N–H and O–H groups in total. The van der Waals surface area contributed by atoms with Crippen LogP contribution in [0.2, 0.25) is 0 Å². The Morgan fingerprint density at radius 2 is 1.07 bits per heavy atom. The van der Waals surface area contributed by atoms with E-state index in [4.69, 9.17) is 14.0 Å². The number of unbranched alkanes of at least 4 members (excludes halogenated alkanes) is 11. The van der Waals surface area contributed by atoms with Gasteiger partial charge in [0.1, 0.15) is 0 Å². The molecule has 0 aliphatic rings. The third-order valence-electron chi connectivity index (χ3n) is 4.39. The van der Waals surface area contributed by atoms with Gasteiger partial charge in [-0.2, -0.15) is 8.42 Å². The molecule has 0 saturated carbocycles. The van der Waals surface area contributed by atoms with Crippen LogP contribution >= 0.6 is 0 Å². The standard InChI is InChI=1S/C21H38O7S/c1-2-3-4-5-6-7-8-9-10-11-12-13-17-27-20(22)15-16-21(23)28-18-14-19-29(24,25)26/h15-16H,2-14,17-19H2,1H3,(H,24,25,26)/b16-15-. The molecular formula is C21H38O7S. The van der Waals surface area contributed by atoms with Gasteiger partial charge in [-0.05, 0) is 12.8 Å². The normalized spacial score (nSPS) is 11.7. The second kappa shape index (κ2) is 18.6. The molecule has 0 heterocycles. The van der Waals surface area contributed by atoms with Gasteiger partial charge in [-0.1, -0.05) is 77.6 Å². The van der Waals surface area contributed by atoms with Crippen molar-refractivity contribution in [2.24, 2.45) is 0 Å². The van der Waals surface area contributed by atoms with Crippen molar-refractivity contribution in [3.63, 3.8) is 0 Å².